The number of nitrogens with zero attached hydrogens (tertiary/aromatic N) is 2. The number of nitrogens with one attached hydrogen (secondary N) is 2. The number of methoxy groups -OCH3 is 2. The van der Waals surface area contributed by atoms with Crippen LogP contribution in [0.2, 0.25) is 0 Å². The van der Waals surface area contributed by atoms with Crippen molar-refractivity contribution in [2.45, 2.75) is 19.9 Å². The molecule has 0 radical (unpaired) electrons. The minimum absolute atomic E-state index is 0.548. The van der Waals surface area contributed by atoms with E-state index >= 15 is 0 Å². The smallest absolute Gasteiger partial charge is 0.191 e. The zero-order chi connectivity index (χ0) is 18.6. The average Bonchev–Trinajstić information content (AvgIpc) is 2.69. The number of morpholine rings is 1. The number of ether oxygens (including phenoxy) is 3. The van der Waals surface area contributed by atoms with E-state index in [1.807, 2.05) is 18.2 Å². The first-order valence-corrected chi connectivity index (χ1v) is 9.30. The van der Waals surface area contributed by atoms with Crippen molar-refractivity contribution in [1.29, 1.82) is 0 Å². The fourth-order valence-electron chi connectivity index (χ4n) is 2.82. The van der Waals surface area contributed by atoms with Gasteiger partial charge >= 0.3 is 0 Å². The molecule has 1 aliphatic rings. The Morgan fingerprint density at radius 2 is 2.00 bits per heavy atom. The molecule has 1 fully saturated rings. The van der Waals surface area contributed by atoms with Gasteiger partial charge in [0.2, 0.25) is 0 Å². The molecule has 0 aliphatic carbocycles. The Balaban J connectivity index is 1.83. The number of guanidine groups is 1. The van der Waals surface area contributed by atoms with Gasteiger partial charge in [-0.3, -0.25) is 4.90 Å². The monoisotopic (exact) mass is 364 g/mol. The highest BCUT2D eigenvalue weighted by Crippen LogP contribution is 2.25. The Kier molecular flexibility index (Phi) is 9.06. The fraction of sp³-hybridized carbons (Fsp3) is 0.632. The van der Waals surface area contributed by atoms with Crippen molar-refractivity contribution in [3.05, 3.63) is 23.8 Å². The molecule has 1 saturated heterocycles. The van der Waals surface area contributed by atoms with E-state index in [4.69, 9.17) is 14.2 Å². The van der Waals surface area contributed by atoms with Crippen LogP contribution in [0, 0.1) is 0 Å². The summed E-state index contributed by atoms with van der Waals surface area (Å²) in [6, 6.07) is 5.80. The van der Waals surface area contributed by atoms with Gasteiger partial charge in [0.25, 0.3) is 0 Å². The van der Waals surface area contributed by atoms with Crippen LogP contribution in [0.1, 0.15) is 18.9 Å². The lowest BCUT2D eigenvalue weighted by molar-refractivity contribution is 0.0376. The second kappa shape index (κ2) is 11.6. The number of hydrogen-bond donors (Lipinski definition) is 2. The zero-order valence-electron chi connectivity index (χ0n) is 16.2. The van der Waals surface area contributed by atoms with Crippen molar-refractivity contribution >= 4 is 5.96 Å². The van der Waals surface area contributed by atoms with E-state index in [1.54, 1.807) is 14.2 Å². The van der Waals surface area contributed by atoms with Crippen LogP contribution in [-0.4, -0.2) is 71.0 Å². The molecular formula is C19H32N4O3. The maximum Gasteiger partial charge on any atom is 0.191 e. The third-order valence-corrected chi connectivity index (χ3v) is 4.29. The van der Waals surface area contributed by atoms with Crippen LogP contribution in [0.3, 0.4) is 0 Å². The summed E-state index contributed by atoms with van der Waals surface area (Å²) < 4.78 is 16.1. The van der Waals surface area contributed by atoms with Gasteiger partial charge in [0.05, 0.1) is 34.0 Å². The van der Waals surface area contributed by atoms with E-state index in [2.05, 4.69) is 27.4 Å². The van der Waals surface area contributed by atoms with Crippen LogP contribution in [-0.2, 0) is 11.3 Å². The van der Waals surface area contributed by atoms with E-state index in [0.29, 0.717) is 6.54 Å². The topological polar surface area (TPSA) is 67.4 Å². The van der Waals surface area contributed by atoms with Gasteiger partial charge in [-0.2, -0.15) is 0 Å². The molecule has 0 atom stereocenters. The van der Waals surface area contributed by atoms with Gasteiger partial charge in [0.15, 0.2) is 5.96 Å². The standard InChI is InChI=1S/C19H32N4O3/c1-4-20-19(21-8-5-9-23-10-12-26-13-11-23)22-15-16-6-7-17(24-2)14-18(16)25-3/h6-7,14H,4-5,8-13,15H2,1-3H3,(H2,20,21,22). The molecule has 2 rings (SSSR count). The normalized spacial score (nSPS) is 15.6. The summed E-state index contributed by atoms with van der Waals surface area (Å²) in [7, 11) is 3.31. The largest absolute Gasteiger partial charge is 0.497 e. The zero-order valence-corrected chi connectivity index (χ0v) is 16.2. The molecule has 1 heterocycles. The second-order valence-corrected chi connectivity index (χ2v) is 6.11. The summed E-state index contributed by atoms with van der Waals surface area (Å²) in [5.74, 6) is 2.39. The molecule has 0 bridgehead atoms. The third-order valence-electron chi connectivity index (χ3n) is 4.29. The Hall–Kier alpha value is -1.99. The summed E-state index contributed by atoms with van der Waals surface area (Å²) in [6.45, 7) is 9.18. The van der Waals surface area contributed by atoms with Gasteiger partial charge in [-0.05, 0) is 32.0 Å². The lowest BCUT2D eigenvalue weighted by Crippen LogP contribution is -2.40. The van der Waals surface area contributed by atoms with Gasteiger partial charge in [-0.1, -0.05) is 0 Å². The Labute approximate surface area is 156 Å². The summed E-state index contributed by atoms with van der Waals surface area (Å²) in [4.78, 5) is 7.11. The molecule has 7 heteroatoms. The molecule has 1 aliphatic heterocycles. The van der Waals surface area contributed by atoms with E-state index in [1.165, 1.54) is 0 Å². The molecule has 0 aromatic heterocycles. The minimum Gasteiger partial charge on any atom is -0.497 e. The van der Waals surface area contributed by atoms with Gasteiger partial charge in [-0.25, -0.2) is 4.99 Å². The lowest BCUT2D eigenvalue weighted by Gasteiger charge is -2.26. The Bertz CT molecular complexity index is 560. The molecule has 146 valence electrons. The molecular weight excluding hydrogens is 332 g/mol. The third kappa shape index (κ3) is 6.72. The maximum absolute atomic E-state index is 5.44. The number of aliphatic imine (C=N–C) groups is 1. The molecule has 7 nitrogen and oxygen atoms in total. The Morgan fingerprint density at radius 3 is 2.69 bits per heavy atom. The van der Waals surface area contributed by atoms with Gasteiger partial charge in [0.1, 0.15) is 11.5 Å². The summed E-state index contributed by atoms with van der Waals surface area (Å²) >= 11 is 0. The van der Waals surface area contributed by atoms with Crippen molar-refractivity contribution in [2.24, 2.45) is 4.99 Å². The van der Waals surface area contributed by atoms with Crippen molar-refractivity contribution in [3.63, 3.8) is 0 Å². The van der Waals surface area contributed by atoms with E-state index < -0.39 is 0 Å². The molecule has 2 N–H and O–H groups in total. The highest BCUT2D eigenvalue weighted by molar-refractivity contribution is 5.79. The number of benzene rings is 1. The summed E-state index contributed by atoms with van der Waals surface area (Å²) in [5.41, 5.74) is 1.03. The SMILES string of the molecule is CCNC(=NCc1ccc(OC)cc1OC)NCCCN1CCOCC1. The van der Waals surface area contributed by atoms with Crippen LogP contribution in [0.15, 0.2) is 23.2 Å². The van der Waals surface area contributed by atoms with Crippen molar-refractivity contribution in [2.75, 3.05) is 60.2 Å². The van der Waals surface area contributed by atoms with E-state index in [9.17, 15) is 0 Å². The quantitative estimate of drug-likeness (QED) is 0.393. The van der Waals surface area contributed by atoms with Crippen molar-refractivity contribution < 1.29 is 14.2 Å². The van der Waals surface area contributed by atoms with E-state index in [-0.39, 0.29) is 0 Å². The molecule has 26 heavy (non-hydrogen) atoms. The summed E-state index contributed by atoms with van der Waals surface area (Å²) in [6.07, 6.45) is 1.08. The first kappa shape index (κ1) is 20.3. The maximum atomic E-state index is 5.44. The van der Waals surface area contributed by atoms with Gasteiger partial charge < -0.3 is 24.8 Å². The number of rotatable bonds is 9. The molecule has 0 amide bonds. The lowest BCUT2D eigenvalue weighted by atomic mass is 10.2. The molecule has 0 saturated carbocycles. The molecule has 0 spiro atoms. The number of hydrogen-bond acceptors (Lipinski definition) is 5. The highest BCUT2D eigenvalue weighted by atomic mass is 16.5. The van der Waals surface area contributed by atoms with Crippen molar-refractivity contribution in [1.82, 2.24) is 15.5 Å². The second-order valence-electron chi connectivity index (χ2n) is 6.11. The molecule has 0 unspecified atom stereocenters. The first-order valence-electron chi connectivity index (χ1n) is 9.30. The predicted octanol–water partition coefficient (Wildman–Crippen LogP) is 1.48. The Morgan fingerprint density at radius 1 is 1.19 bits per heavy atom. The molecule has 1 aromatic carbocycles. The fourth-order valence-corrected chi connectivity index (χ4v) is 2.82. The van der Waals surface area contributed by atoms with Crippen LogP contribution < -0.4 is 20.1 Å². The van der Waals surface area contributed by atoms with Gasteiger partial charge in [-0.15, -0.1) is 0 Å². The predicted molar refractivity (Wildman–Crippen MR) is 104 cm³/mol. The summed E-state index contributed by atoms with van der Waals surface area (Å²) in [5, 5.41) is 6.70. The van der Waals surface area contributed by atoms with Crippen LogP contribution in [0.25, 0.3) is 0 Å². The van der Waals surface area contributed by atoms with Crippen LogP contribution in [0.5, 0.6) is 11.5 Å². The van der Waals surface area contributed by atoms with E-state index in [0.717, 1.165) is 75.4 Å². The average molecular weight is 364 g/mol. The van der Waals surface area contributed by atoms with Crippen LogP contribution in [0.4, 0.5) is 0 Å². The first-order chi connectivity index (χ1) is 12.8. The van der Waals surface area contributed by atoms with Crippen LogP contribution >= 0.6 is 0 Å². The molecule has 1 aromatic rings. The minimum atomic E-state index is 0.548. The van der Waals surface area contributed by atoms with Gasteiger partial charge in [0, 0.05) is 37.8 Å². The highest BCUT2D eigenvalue weighted by Gasteiger charge is 2.09. The van der Waals surface area contributed by atoms with Crippen molar-refractivity contribution in [3.8, 4) is 11.5 Å².